The molecule has 16 heavy (non-hydrogen) atoms. The predicted molar refractivity (Wildman–Crippen MR) is 68.7 cm³/mol. The molecule has 1 aromatic heterocycles. The molecule has 0 fully saturated rings. The van der Waals surface area contributed by atoms with Crippen LogP contribution in [0, 0.1) is 0 Å². The number of aromatic nitrogens is 2. The Labute approximate surface area is 99.0 Å². The topological polar surface area (TPSA) is 43.8 Å². The van der Waals surface area contributed by atoms with Crippen LogP contribution in [-0.2, 0) is 12.0 Å². The van der Waals surface area contributed by atoms with E-state index in [1.54, 1.807) is 0 Å². The van der Waals surface area contributed by atoms with Gasteiger partial charge in [-0.25, -0.2) is 0 Å². The van der Waals surface area contributed by atoms with Gasteiger partial charge in [0, 0.05) is 18.2 Å². The second kappa shape index (κ2) is 4.58. The highest BCUT2D eigenvalue weighted by atomic mass is 15.3. The van der Waals surface area contributed by atoms with E-state index in [1.807, 2.05) is 6.92 Å². The summed E-state index contributed by atoms with van der Waals surface area (Å²) in [6, 6.07) is 2.36. The van der Waals surface area contributed by atoms with Crippen molar-refractivity contribution in [2.75, 3.05) is 0 Å². The van der Waals surface area contributed by atoms with Crippen LogP contribution in [0.4, 0.5) is 0 Å². The van der Waals surface area contributed by atoms with Crippen LogP contribution in [0.3, 0.4) is 0 Å². The van der Waals surface area contributed by atoms with Crippen LogP contribution in [-0.4, -0.2) is 15.8 Å². The minimum absolute atomic E-state index is 0.0374. The first kappa shape index (κ1) is 13.2. The minimum Gasteiger partial charge on any atom is -0.328 e. The number of hydrogen-bond acceptors (Lipinski definition) is 2. The molecule has 0 radical (unpaired) electrons. The molecule has 0 aliphatic carbocycles. The van der Waals surface area contributed by atoms with Gasteiger partial charge >= 0.3 is 0 Å². The summed E-state index contributed by atoms with van der Waals surface area (Å²) in [5.74, 6) is 0.494. The van der Waals surface area contributed by atoms with Crippen LogP contribution in [0.5, 0.6) is 0 Å². The van der Waals surface area contributed by atoms with E-state index in [9.17, 15) is 0 Å². The molecule has 1 aromatic rings. The van der Waals surface area contributed by atoms with Gasteiger partial charge in [0.05, 0.1) is 11.2 Å². The molecule has 3 nitrogen and oxygen atoms in total. The molecule has 2 N–H and O–H groups in total. The summed E-state index contributed by atoms with van der Waals surface area (Å²) in [5, 5.41) is 4.68. The maximum Gasteiger partial charge on any atom is 0.0643 e. The summed E-state index contributed by atoms with van der Waals surface area (Å²) in [7, 11) is 0. The molecule has 0 aliphatic heterocycles. The molecule has 0 saturated heterocycles. The lowest BCUT2D eigenvalue weighted by atomic mass is 10.1. The van der Waals surface area contributed by atoms with Crippen LogP contribution < -0.4 is 5.73 Å². The number of rotatable bonds is 3. The van der Waals surface area contributed by atoms with Crippen LogP contribution in [0.25, 0.3) is 0 Å². The maximum absolute atomic E-state index is 5.82. The molecule has 1 unspecified atom stereocenters. The zero-order chi connectivity index (χ0) is 12.5. The molecular formula is C13H25N3. The van der Waals surface area contributed by atoms with Crippen LogP contribution in [0.15, 0.2) is 6.07 Å². The average molecular weight is 223 g/mol. The maximum atomic E-state index is 5.82. The van der Waals surface area contributed by atoms with E-state index in [4.69, 9.17) is 5.73 Å². The molecule has 0 aliphatic rings. The molecule has 0 amide bonds. The van der Waals surface area contributed by atoms with Crippen LogP contribution >= 0.6 is 0 Å². The lowest BCUT2D eigenvalue weighted by molar-refractivity contribution is 0.336. The van der Waals surface area contributed by atoms with Crippen LogP contribution in [0.2, 0.25) is 0 Å². The minimum atomic E-state index is 0.0374. The standard InChI is InChI=1S/C13H25N3/c1-9(2)12-8-11(7-10(3)14)15-16(12)13(4,5)6/h8-10H,7,14H2,1-6H3. The van der Waals surface area contributed by atoms with E-state index in [0.717, 1.165) is 12.1 Å². The van der Waals surface area contributed by atoms with Gasteiger partial charge in [0.15, 0.2) is 0 Å². The third-order valence-electron chi connectivity index (χ3n) is 2.55. The SMILES string of the molecule is CC(N)Cc1cc(C(C)C)n(C(C)(C)C)n1. The van der Waals surface area contributed by atoms with E-state index in [1.165, 1.54) is 5.69 Å². The van der Waals surface area contributed by atoms with Gasteiger partial charge in [0.25, 0.3) is 0 Å². The fourth-order valence-electron chi connectivity index (χ4n) is 1.83. The fourth-order valence-corrected chi connectivity index (χ4v) is 1.83. The van der Waals surface area contributed by atoms with Gasteiger partial charge in [-0.3, -0.25) is 4.68 Å². The van der Waals surface area contributed by atoms with Crippen molar-refractivity contribution in [3.05, 3.63) is 17.5 Å². The van der Waals surface area contributed by atoms with Crippen molar-refractivity contribution >= 4 is 0 Å². The first-order chi connectivity index (χ1) is 7.21. The lowest BCUT2D eigenvalue weighted by Gasteiger charge is -2.23. The van der Waals surface area contributed by atoms with Crippen LogP contribution in [0.1, 0.15) is 58.8 Å². The summed E-state index contributed by atoms with van der Waals surface area (Å²) >= 11 is 0. The highest BCUT2D eigenvalue weighted by Crippen LogP contribution is 2.23. The van der Waals surface area contributed by atoms with Gasteiger partial charge < -0.3 is 5.73 Å². The third-order valence-corrected chi connectivity index (χ3v) is 2.55. The van der Waals surface area contributed by atoms with Gasteiger partial charge in [-0.15, -0.1) is 0 Å². The number of hydrogen-bond donors (Lipinski definition) is 1. The Morgan fingerprint density at radius 2 is 1.88 bits per heavy atom. The Balaban J connectivity index is 3.11. The normalized spacial score (nSPS) is 14.5. The van der Waals surface area contributed by atoms with Crippen molar-refractivity contribution in [1.29, 1.82) is 0 Å². The van der Waals surface area contributed by atoms with Crippen molar-refractivity contribution in [3.8, 4) is 0 Å². The first-order valence-corrected chi connectivity index (χ1v) is 6.06. The van der Waals surface area contributed by atoms with Gasteiger partial charge in [0.2, 0.25) is 0 Å². The van der Waals surface area contributed by atoms with Crippen molar-refractivity contribution in [2.45, 2.75) is 65.5 Å². The Bertz CT molecular complexity index is 343. The highest BCUT2D eigenvalue weighted by molar-refractivity contribution is 5.16. The van der Waals surface area contributed by atoms with Crippen molar-refractivity contribution in [1.82, 2.24) is 9.78 Å². The van der Waals surface area contributed by atoms with E-state index in [-0.39, 0.29) is 11.6 Å². The second-order valence-electron chi connectivity index (χ2n) is 5.98. The predicted octanol–water partition coefficient (Wildman–Crippen LogP) is 2.65. The quantitative estimate of drug-likeness (QED) is 0.856. The number of nitrogens with two attached hydrogens (primary N) is 1. The molecule has 0 aromatic carbocycles. The van der Waals surface area contributed by atoms with E-state index in [2.05, 4.69) is 50.5 Å². The zero-order valence-electron chi connectivity index (χ0n) is 11.4. The van der Waals surface area contributed by atoms with Crippen molar-refractivity contribution in [2.24, 2.45) is 5.73 Å². The largest absolute Gasteiger partial charge is 0.328 e. The summed E-state index contributed by atoms with van der Waals surface area (Å²) in [6.07, 6.45) is 0.850. The first-order valence-electron chi connectivity index (χ1n) is 6.06. The molecule has 3 heteroatoms. The lowest BCUT2D eigenvalue weighted by Crippen LogP contribution is -2.26. The average Bonchev–Trinajstić information content (AvgIpc) is 2.45. The van der Waals surface area contributed by atoms with Gasteiger partial charge in [-0.2, -0.15) is 5.10 Å². The number of nitrogens with zero attached hydrogens (tertiary/aromatic N) is 2. The van der Waals surface area contributed by atoms with Crippen molar-refractivity contribution < 1.29 is 0 Å². The van der Waals surface area contributed by atoms with E-state index < -0.39 is 0 Å². The fraction of sp³-hybridized carbons (Fsp3) is 0.769. The second-order valence-corrected chi connectivity index (χ2v) is 5.98. The molecule has 92 valence electrons. The molecule has 0 spiro atoms. The molecular weight excluding hydrogens is 198 g/mol. The van der Waals surface area contributed by atoms with Gasteiger partial charge in [0.1, 0.15) is 0 Å². The molecule has 1 rings (SSSR count). The summed E-state index contributed by atoms with van der Waals surface area (Å²) in [5.41, 5.74) is 8.26. The Morgan fingerprint density at radius 1 is 1.31 bits per heavy atom. The van der Waals surface area contributed by atoms with Crippen molar-refractivity contribution in [3.63, 3.8) is 0 Å². The molecule has 1 atom stereocenters. The Morgan fingerprint density at radius 3 is 2.19 bits per heavy atom. The molecule has 0 bridgehead atoms. The van der Waals surface area contributed by atoms with Gasteiger partial charge in [-0.1, -0.05) is 13.8 Å². The highest BCUT2D eigenvalue weighted by Gasteiger charge is 2.21. The van der Waals surface area contributed by atoms with E-state index >= 15 is 0 Å². The third kappa shape index (κ3) is 3.08. The van der Waals surface area contributed by atoms with E-state index in [0.29, 0.717) is 5.92 Å². The zero-order valence-corrected chi connectivity index (χ0v) is 11.4. The Kier molecular flexibility index (Phi) is 3.79. The summed E-state index contributed by atoms with van der Waals surface area (Å²) < 4.78 is 2.13. The summed E-state index contributed by atoms with van der Waals surface area (Å²) in [6.45, 7) is 13.0. The molecule has 1 heterocycles. The summed E-state index contributed by atoms with van der Waals surface area (Å²) in [4.78, 5) is 0. The van der Waals surface area contributed by atoms with Gasteiger partial charge in [-0.05, 0) is 39.7 Å². The molecule has 0 saturated carbocycles. The smallest absolute Gasteiger partial charge is 0.0643 e. The monoisotopic (exact) mass is 223 g/mol. The Hall–Kier alpha value is -0.830.